The molecule has 0 amide bonds. The molecule has 6 aliphatic carbocycles. The molecule has 0 aromatic carbocycles. The van der Waals surface area contributed by atoms with Gasteiger partial charge in [0.25, 0.3) is 0 Å². The molecule has 80 valence electrons. The molecule has 1 saturated heterocycles. The minimum atomic E-state index is -0.270. The molecule has 2 N–H and O–H groups in total. The van der Waals surface area contributed by atoms with Crippen LogP contribution in [-0.2, 0) is 9.47 Å². The van der Waals surface area contributed by atoms with Crippen LogP contribution in [0.4, 0.5) is 0 Å². The van der Waals surface area contributed by atoms with E-state index in [1.807, 2.05) is 0 Å². The lowest BCUT2D eigenvalue weighted by atomic mass is 9.16. The highest BCUT2D eigenvalue weighted by Gasteiger charge is 3.08. The number of halogens is 1. The molecule has 7 fully saturated rings. The van der Waals surface area contributed by atoms with E-state index in [1.165, 1.54) is 0 Å². The Bertz CT molecular complexity index is 412. The van der Waals surface area contributed by atoms with Crippen molar-refractivity contribution in [1.29, 1.82) is 0 Å². The third kappa shape index (κ3) is 0.357. The standard InChI is InChI=1S/C11H12BrNO2/c12-10-6-3-7(10)5-8(4(6)9(3,5)13)11(10)14-1-2-15-11/h3-8H,1-2,13H2/t3?,4-,5+,6-,7-,8?,9?,10?/m1/s1. The maximum atomic E-state index is 6.46. The predicted molar refractivity (Wildman–Crippen MR) is 54.2 cm³/mol. The lowest BCUT2D eigenvalue weighted by molar-refractivity contribution is -0.381. The second kappa shape index (κ2) is 1.57. The van der Waals surface area contributed by atoms with Gasteiger partial charge in [-0.25, -0.2) is 0 Å². The van der Waals surface area contributed by atoms with Crippen LogP contribution in [0.3, 0.4) is 0 Å². The van der Waals surface area contributed by atoms with Crippen LogP contribution in [0.2, 0.25) is 0 Å². The SMILES string of the molecule is NC12C3[C@@H]4[C@H]1C1[C@H]2[C@@H]3C4(Br)C12OCCO2. The first-order valence-corrected chi connectivity index (χ1v) is 6.74. The average Bonchev–Trinajstić information content (AvgIpc) is 2.78. The fourth-order valence-corrected chi connectivity index (χ4v) is 8.33. The first-order valence-electron chi connectivity index (χ1n) is 5.95. The van der Waals surface area contributed by atoms with Crippen LogP contribution in [-0.4, -0.2) is 28.9 Å². The fraction of sp³-hybridized carbons (Fsp3) is 1.00. The molecule has 2 bridgehead atoms. The van der Waals surface area contributed by atoms with Gasteiger partial charge in [-0.2, -0.15) is 0 Å². The minimum absolute atomic E-state index is 0.155. The molecule has 1 heterocycles. The summed E-state index contributed by atoms with van der Waals surface area (Å²) in [6.45, 7) is 1.54. The number of hydrogen-bond donors (Lipinski definition) is 1. The summed E-state index contributed by atoms with van der Waals surface area (Å²) in [5.41, 5.74) is 6.68. The van der Waals surface area contributed by atoms with E-state index in [9.17, 15) is 0 Å². The van der Waals surface area contributed by atoms with Gasteiger partial charge in [0.15, 0.2) is 5.79 Å². The van der Waals surface area contributed by atoms with Crippen molar-refractivity contribution in [3.63, 3.8) is 0 Å². The van der Waals surface area contributed by atoms with Crippen molar-refractivity contribution >= 4 is 15.9 Å². The van der Waals surface area contributed by atoms with Crippen LogP contribution in [0.1, 0.15) is 0 Å². The maximum absolute atomic E-state index is 6.46. The first-order chi connectivity index (χ1) is 7.19. The van der Waals surface area contributed by atoms with Crippen LogP contribution in [0.25, 0.3) is 0 Å². The highest BCUT2D eigenvalue weighted by Crippen LogP contribution is 3.00. The molecule has 4 unspecified atom stereocenters. The van der Waals surface area contributed by atoms with Crippen molar-refractivity contribution in [1.82, 2.24) is 0 Å². The summed E-state index contributed by atoms with van der Waals surface area (Å²) in [7, 11) is 0. The number of alkyl halides is 1. The Labute approximate surface area is 95.8 Å². The Kier molecular flexibility index (Phi) is 0.802. The monoisotopic (exact) mass is 269 g/mol. The zero-order chi connectivity index (χ0) is 9.79. The van der Waals surface area contributed by atoms with E-state index in [1.54, 1.807) is 0 Å². The summed E-state index contributed by atoms with van der Waals surface area (Å²) >= 11 is 3.99. The Morgan fingerprint density at radius 1 is 0.933 bits per heavy atom. The largest absolute Gasteiger partial charge is 0.346 e. The van der Waals surface area contributed by atoms with Gasteiger partial charge in [-0.1, -0.05) is 15.9 Å². The topological polar surface area (TPSA) is 44.5 Å². The van der Waals surface area contributed by atoms with Crippen LogP contribution in [0, 0.1) is 35.5 Å². The number of rotatable bonds is 0. The van der Waals surface area contributed by atoms with Crippen LogP contribution in [0.5, 0.6) is 0 Å². The average molecular weight is 270 g/mol. The van der Waals surface area contributed by atoms with Crippen molar-refractivity contribution in [3.8, 4) is 0 Å². The van der Waals surface area contributed by atoms with Crippen molar-refractivity contribution in [2.45, 2.75) is 15.7 Å². The first kappa shape index (κ1) is 7.64. The molecule has 3 nitrogen and oxygen atoms in total. The van der Waals surface area contributed by atoms with E-state index in [2.05, 4.69) is 15.9 Å². The maximum Gasteiger partial charge on any atom is 0.187 e. The molecule has 0 radical (unpaired) electrons. The Morgan fingerprint density at radius 3 is 2.00 bits per heavy atom. The Balaban J connectivity index is 1.65. The van der Waals surface area contributed by atoms with Gasteiger partial charge < -0.3 is 15.2 Å². The highest BCUT2D eigenvalue weighted by molar-refractivity contribution is 9.10. The summed E-state index contributed by atoms with van der Waals surface area (Å²) in [5, 5.41) is 0. The smallest absolute Gasteiger partial charge is 0.187 e. The molecule has 6 saturated carbocycles. The third-order valence-electron chi connectivity index (χ3n) is 6.71. The number of hydrogen-bond acceptors (Lipinski definition) is 3. The molecule has 15 heavy (non-hydrogen) atoms. The van der Waals surface area contributed by atoms with E-state index in [4.69, 9.17) is 15.2 Å². The third-order valence-corrected chi connectivity index (χ3v) is 8.32. The quantitative estimate of drug-likeness (QED) is 0.645. The van der Waals surface area contributed by atoms with Gasteiger partial charge in [-0.05, 0) is 29.6 Å². The lowest BCUT2D eigenvalue weighted by Gasteiger charge is -2.90. The van der Waals surface area contributed by atoms with Crippen molar-refractivity contribution in [2.75, 3.05) is 13.2 Å². The molecule has 4 heteroatoms. The second-order valence-electron chi connectivity index (χ2n) is 6.29. The summed E-state index contributed by atoms with van der Waals surface area (Å²) in [4.78, 5) is 0. The van der Waals surface area contributed by atoms with E-state index in [0.29, 0.717) is 17.8 Å². The van der Waals surface area contributed by atoms with E-state index in [-0.39, 0.29) is 15.7 Å². The molecule has 8 atom stereocenters. The van der Waals surface area contributed by atoms with E-state index in [0.717, 1.165) is 31.0 Å². The molecule has 7 rings (SSSR count). The van der Waals surface area contributed by atoms with E-state index < -0.39 is 0 Å². The Hall–Kier alpha value is 0.360. The number of ether oxygens (including phenoxy) is 2. The van der Waals surface area contributed by atoms with Crippen LogP contribution >= 0.6 is 15.9 Å². The van der Waals surface area contributed by atoms with Gasteiger partial charge in [-0.3, -0.25) is 0 Å². The zero-order valence-electron chi connectivity index (χ0n) is 8.15. The molecule has 1 spiro atoms. The van der Waals surface area contributed by atoms with Crippen LogP contribution in [0.15, 0.2) is 0 Å². The van der Waals surface area contributed by atoms with Gasteiger partial charge in [-0.15, -0.1) is 0 Å². The van der Waals surface area contributed by atoms with Crippen molar-refractivity contribution in [2.24, 2.45) is 41.2 Å². The normalized spacial score (nSPS) is 82.0. The molecular weight excluding hydrogens is 258 g/mol. The van der Waals surface area contributed by atoms with Gasteiger partial charge in [0.1, 0.15) is 0 Å². The molecule has 1 aliphatic heterocycles. The predicted octanol–water partition coefficient (Wildman–Crippen LogP) is 0.326. The summed E-state index contributed by atoms with van der Waals surface area (Å²) in [5.74, 6) is 4.08. The van der Waals surface area contributed by atoms with Crippen molar-refractivity contribution in [3.05, 3.63) is 0 Å². The zero-order valence-corrected chi connectivity index (χ0v) is 9.74. The minimum Gasteiger partial charge on any atom is -0.346 e. The molecule has 7 aliphatic rings. The fourth-order valence-electron chi connectivity index (χ4n) is 6.70. The van der Waals surface area contributed by atoms with Gasteiger partial charge in [0.05, 0.1) is 17.5 Å². The Morgan fingerprint density at radius 2 is 1.47 bits per heavy atom. The van der Waals surface area contributed by atoms with E-state index >= 15 is 0 Å². The molecule has 0 aromatic heterocycles. The summed E-state index contributed by atoms with van der Waals surface area (Å²) in [6.07, 6.45) is 0. The van der Waals surface area contributed by atoms with Gasteiger partial charge in [0, 0.05) is 11.5 Å². The number of nitrogens with two attached hydrogens (primary N) is 1. The lowest BCUT2D eigenvalue weighted by Crippen LogP contribution is -2.99. The summed E-state index contributed by atoms with van der Waals surface area (Å²) in [6, 6.07) is 0. The van der Waals surface area contributed by atoms with Crippen molar-refractivity contribution < 1.29 is 9.47 Å². The molecular formula is C11H12BrNO2. The van der Waals surface area contributed by atoms with Gasteiger partial charge >= 0.3 is 0 Å². The summed E-state index contributed by atoms with van der Waals surface area (Å²) < 4.78 is 12.2. The highest BCUT2D eigenvalue weighted by atomic mass is 79.9. The van der Waals surface area contributed by atoms with Crippen LogP contribution < -0.4 is 5.73 Å². The van der Waals surface area contributed by atoms with Gasteiger partial charge in [0.2, 0.25) is 0 Å². The molecule has 0 aromatic rings. The second-order valence-corrected chi connectivity index (χ2v) is 7.60.